The van der Waals surface area contributed by atoms with Crippen LogP contribution in [0.25, 0.3) is 0 Å². The normalized spacial score (nSPS) is 22.9. The van der Waals surface area contributed by atoms with E-state index in [1.54, 1.807) is 19.2 Å². The van der Waals surface area contributed by atoms with Gasteiger partial charge in [-0.2, -0.15) is 0 Å². The van der Waals surface area contributed by atoms with Crippen LogP contribution in [-0.4, -0.2) is 44.8 Å². The molecule has 2 rings (SSSR count). The highest BCUT2D eigenvalue weighted by Gasteiger charge is 2.28. The molecular formula is C15H20FNO3. The van der Waals surface area contributed by atoms with Crippen molar-refractivity contribution in [2.24, 2.45) is 0 Å². The molecule has 0 aliphatic carbocycles. The summed E-state index contributed by atoms with van der Waals surface area (Å²) in [5.74, 6) is -0.738. The van der Waals surface area contributed by atoms with Crippen molar-refractivity contribution in [1.82, 2.24) is 0 Å². The number of carbonyl (C=O) groups is 1. The largest absolute Gasteiger partial charge is 0.382 e. The zero-order valence-corrected chi connectivity index (χ0v) is 12.1. The van der Waals surface area contributed by atoms with Gasteiger partial charge in [-0.05, 0) is 26.0 Å². The fourth-order valence-electron chi connectivity index (χ4n) is 2.64. The summed E-state index contributed by atoms with van der Waals surface area (Å²) in [6, 6.07) is 4.72. The van der Waals surface area contributed by atoms with Crippen molar-refractivity contribution in [3.8, 4) is 0 Å². The summed E-state index contributed by atoms with van der Waals surface area (Å²) in [6.07, 6.45) is -0.0706. The predicted octanol–water partition coefficient (Wildman–Crippen LogP) is 2.27. The lowest BCUT2D eigenvalue weighted by Crippen LogP contribution is -2.48. The molecule has 1 aliphatic rings. The van der Waals surface area contributed by atoms with Crippen molar-refractivity contribution in [2.75, 3.05) is 31.7 Å². The van der Waals surface area contributed by atoms with Crippen LogP contribution in [0.5, 0.6) is 0 Å². The van der Waals surface area contributed by atoms with Gasteiger partial charge in [-0.1, -0.05) is 6.07 Å². The molecule has 1 heterocycles. The molecule has 0 amide bonds. The quantitative estimate of drug-likeness (QED) is 0.794. The van der Waals surface area contributed by atoms with Gasteiger partial charge in [0.15, 0.2) is 5.78 Å². The number of ether oxygens (including phenoxy) is 2. The SMILES string of the molecule is COCC1CN(c2cccc(F)c2C(C)=O)CC(C)O1. The minimum atomic E-state index is -0.475. The third kappa shape index (κ3) is 3.16. The second-order valence-corrected chi connectivity index (χ2v) is 5.12. The zero-order valence-electron chi connectivity index (χ0n) is 12.1. The van der Waals surface area contributed by atoms with Crippen LogP contribution in [0.2, 0.25) is 0 Å². The smallest absolute Gasteiger partial charge is 0.164 e. The van der Waals surface area contributed by atoms with E-state index in [-0.39, 0.29) is 23.6 Å². The summed E-state index contributed by atoms with van der Waals surface area (Å²) >= 11 is 0. The molecule has 2 atom stereocenters. The van der Waals surface area contributed by atoms with Crippen LogP contribution in [0.3, 0.4) is 0 Å². The molecule has 4 nitrogen and oxygen atoms in total. The molecule has 20 heavy (non-hydrogen) atoms. The van der Waals surface area contributed by atoms with Gasteiger partial charge in [0.25, 0.3) is 0 Å². The van der Waals surface area contributed by atoms with Crippen LogP contribution in [0, 0.1) is 5.82 Å². The summed E-state index contributed by atoms with van der Waals surface area (Å²) in [7, 11) is 1.62. The van der Waals surface area contributed by atoms with Crippen molar-refractivity contribution in [3.05, 3.63) is 29.6 Å². The van der Waals surface area contributed by atoms with E-state index >= 15 is 0 Å². The van der Waals surface area contributed by atoms with E-state index in [1.165, 1.54) is 13.0 Å². The zero-order chi connectivity index (χ0) is 14.7. The minimum absolute atomic E-state index is 0.00646. The van der Waals surface area contributed by atoms with E-state index in [2.05, 4.69) is 0 Å². The Labute approximate surface area is 118 Å². The Balaban J connectivity index is 2.30. The standard InChI is InChI=1S/C15H20FNO3/c1-10-7-17(8-12(20-10)9-19-3)14-6-4-5-13(16)15(14)11(2)18/h4-6,10,12H,7-9H2,1-3H3. The Hall–Kier alpha value is -1.46. The third-order valence-electron chi connectivity index (χ3n) is 3.36. The van der Waals surface area contributed by atoms with E-state index in [9.17, 15) is 9.18 Å². The van der Waals surface area contributed by atoms with E-state index in [0.29, 0.717) is 25.4 Å². The second kappa shape index (κ2) is 6.33. The Morgan fingerprint density at radius 1 is 1.50 bits per heavy atom. The molecule has 110 valence electrons. The Morgan fingerprint density at radius 2 is 2.25 bits per heavy atom. The number of benzene rings is 1. The molecule has 0 spiro atoms. The van der Waals surface area contributed by atoms with Gasteiger partial charge in [0.1, 0.15) is 5.82 Å². The molecule has 0 aromatic heterocycles. The number of Topliss-reactive ketones (excluding diaryl/α,β-unsaturated/α-hetero) is 1. The molecule has 5 heteroatoms. The summed E-state index contributed by atoms with van der Waals surface area (Å²) in [4.78, 5) is 13.7. The predicted molar refractivity (Wildman–Crippen MR) is 74.8 cm³/mol. The van der Waals surface area contributed by atoms with E-state index in [1.807, 2.05) is 11.8 Å². The number of morpholine rings is 1. The number of methoxy groups -OCH3 is 1. The lowest BCUT2D eigenvalue weighted by Gasteiger charge is -2.38. The molecule has 1 aromatic carbocycles. The van der Waals surface area contributed by atoms with Gasteiger partial charge in [-0.15, -0.1) is 0 Å². The van der Waals surface area contributed by atoms with Crippen molar-refractivity contribution in [1.29, 1.82) is 0 Å². The monoisotopic (exact) mass is 281 g/mol. The number of anilines is 1. The summed E-state index contributed by atoms with van der Waals surface area (Å²) in [5.41, 5.74) is 0.784. The van der Waals surface area contributed by atoms with Crippen LogP contribution in [0.1, 0.15) is 24.2 Å². The van der Waals surface area contributed by atoms with Gasteiger partial charge < -0.3 is 14.4 Å². The first-order chi connectivity index (χ1) is 9.52. The number of ketones is 1. The van der Waals surface area contributed by atoms with Crippen molar-refractivity contribution < 1.29 is 18.7 Å². The topological polar surface area (TPSA) is 38.8 Å². The lowest BCUT2D eigenvalue weighted by atomic mass is 10.1. The maximum Gasteiger partial charge on any atom is 0.164 e. The fourth-order valence-corrected chi connectivity index (χ4v) is 2.64. The third-order valence-corrected chi connectivity index (χ3v) is 3.36. The molecule has 1 fully saturated rings. The van der Waals surface area contributed by atoms with Crippen LogP contribution in [0.4, 0.5) is 10.1 Å². The minimum Gasteiger partial charge on any atom is -0.382 e. The van der Waals surface area contributed by atoms with Gasteiger partial charge in [0.2, 0.25) is 0 Å². The Morgan fingerprint density at radius 3 is 2.90 bits per heavy atom. The molecular weight excluding hydrogens is 261 g/mol. The van der Waals surface area contributed by atoms with Gasteiger partial charge in [-0.3, -0.25) is 4.79 Å². The van der Waals surface area contributed by atoms with Crippen molar-refractivity contribution in [3.63, 3.8) is 0 Å². The van der Waals surface area contributed by atoms with E-state index < -0.39 is 5.82 Å². The first kappa shape index (κ1) is 14.9. The molecule has 0 radical (unpaired) electrons. The average molecular weight is 281 g/mol. The molecule has 1 aliphatic heterocycles. The maximum absolute atomic E-state index is 13.9. The number of nitrogens with zero attached hydrogens (tertiary/aromatic N) is 1. The molecule has 1 saturated heterocycles. The summed E-state index contributed by atoms with van der Waals surface area (Å²) in [6.45, 7) is 5.04. The van der Waals surface area contributed by atoms with Gasteiger partial charge in [0.05, 0.1) is 30.1 Å². The number of rotatable bonds is 4. The highest BCUT2D eigenvalue weighted by Crippen LogP contribution is 2.27. The molecule has 0 bridgehead atoms. The summed E-state index contributed by atoms with van der Waals surface area (Å²) in [5, 5.41) is 0. The Bertz CT molecular complexity index is 492. The molecule has 1 aromatic rings. The van der Waals surface area contributed by atoms with E-state index in [0.717, 1.165) is 0 Å². The second-order valence-electron chi connectivity index (χ2n) is 5.12. The lowest BCUT2D eigenvalue weighted by molar-refractivity contribution is -0.0511. The van der Waals surface area contributed by atoms with Crippen molar-refractivity contribution in [2.45, 2.75) is 26.1 Å². The molecule has 2 unspecified atom stereocenters. The van der Waals surface area contributed by atoms with Crippen LogP contribution in [-0.2, 0) is 9.47 Å². The number of carbonyl (C=O) groups excluding carboxylic acids is 1. The highest BCUT2D eigenvalue weighted by molar-refractivity contribution is 6.00. The first-order valence-electron chi connectivity index (χ1n) is 6.71. The molecule has 0 saturated carbocycles. The first-order valence-corrected chi connectivity index (χ1v) is 6.71. The van der Waals surface area contributed by atoms with Crippen molar-refractivity contribution >= 4 is 11.5 Å². The van der Waals surface area contributed by atoms with Crippen LogP contribution < -0.4 is 4.90 Å². The Kier molecular flexibility index (Phi) is 4.73. The number of hydrogen-bond donors (Lipinski definition) is 0. The fraction of sp³-hybridized carbons (Fsp3) is 0.533. The average Bonchev–Trinajstić information content (AvgIpc) is 2.37. The number of hydrogen-bond acceptors (Lipinski definition) is 4. The van der Waals surface area contributed by atoms with Gasteiger partial charge >= 0.3 is 0 Å². The maximum atomic E-state index is 13.9. The molecule has 0 N–H and O–H groups in total. The highest BCUT2D eigenvalue weighted by atomic mass is 19.1. The van der Waals surface area contributed by atoms with E-state index in [4.69, 9.17) is 9.47 Å². The van der Waals surface area contributed by atoms with Gasteiger partial charge in [0, 0.05) is 20.2 Å². The summed E-state index contributed by atoms with van der Waals surface area (Å²) < 4.78 is 24.8. The number of halogens is 1. The van der Waals surface area contributed by atoms with Gasteiger partial charge in [-0.25, -0.2) is 4.39 Å². The van der Waals surface area contributed by atoms with Crippen LogP contribution in [0.15, 0.2) is 18.2 Å². The van der Waals surface area contributed by atoms with Crippen LogP contribution >= 0.6 is 0 Å².